The predicted octanol–water partition coefficient (Wildman–Crippen LogP) is 2.11. The van der Waals surface area contributed by atoms with Crippen molar-refractivity contribution in [1.29, 1.82) is 0 Å². The Balaban J connectivity index is 2.14. The summed E-state index contributed by atoms with van der Waals surface area (Å²) in [5, 5.41) is 3.26. The summed E-state index contributed by atoms with van der Waals surface area (Å²) < 4.78 is 1.83. The van der Waals surface area contributed by atoms with Crippen LogP contribution < -0.4 is 10.9 Å². The van der Waals surface area contributed by atoms with Crippen molar-refractivity contribution in [3.63, 3.8) is 0 Å². The summed E-state index contributed by atoms with van der Waals surface area (Å²) in [6.07, 6.45) is 7.36. The molecule has 1 aromatic rings. The third kappa shape index (κ3) is 3.44. The lowest BCUT2D eigenvalue weighted by atomic mass is 9.99. The molecule has 19 heavy (non-hydrogen) atoms. The second-order valence-corrected chi connectivity index (χ2v) is 5.47. The smallest absolute Gasteiger partial charge is 0.256 e. The minimum Gasteiger partial charge on any atom is -0.311 e. The van der Waals surface area contributed by atoms with Crippen LogP contribution in [0.5, 0.6) is 0 Å². The SMILES string of the molecule is CCCCC(CC)Cn1cnc2c(c1=O)CCNC2. The van der Waals surface area contributed by atoms with E-state index in [2.05, 4.69) is 24.1 Å². The monoisotopic (exact) mass is 263 g/mol. The summed E-state index contributed by atoms with van der Waals surface area (Å²) >= 11 is 0. The molecule has 1 N–H and O–H groups in total. The van der Waals surface area contributed by atoms with Gasteiger partial charge in [-0.15, -0.1) is 0 Å². The van der Waals surface area contributed by atoms with E-state index in [0.29, 0.717) is 5.92 Å². The van der Waals surface area contributed by atoms with Crippen LogP contribution in [0.2, 0.25) is 0 Å². The van der Waals surface area contributed by atoms with Crippen LogP contribution in [0.25, 0.3) is 0 Å². The lowest BCUT2D eigenvalue weighted by molar-refractivity contribution is 0.380. The molecule has 2 heterocycles. The molecule has 106 valence electrons. The Morgan fingerprint density at radius 1 is 1.47 bits per heavy atom. The zero-order valence-corrected chi connectivity index (χ0v) is 12.1. The second kappa shape index (κ2) is 6.85. The standard InChI is InChI=1S/C15H25N3O/c1-3-5-6-12(4-2)10-18-11-17-14-9-16-8-7-13(14)15(18)19/h11-12,16H,3-10H2,1-2H3. The normalized spacial score (nSPS) is 16.1. The van der Waals surface area contributed by atoms with Crippen LogP contribution in [-0.4, -0.2) is 16.1 Å². The summed E-state index contributed by atoms with van der Waals surface area (Å²) in [5.41, 5.74) is 2.04. The molecule has 0 amide bonds. The van der Waals surface area contributed by atoms with Crippen molar-refractivity contribution in [2.24, 2.45) is 5.92 Å². The van der Waals surface area contributed by atoms with E-state index >= 15 is 0 Å². The van der Waals surface area contributed by atoms with Gasteiger partial charge in [-0.2, -0.15) is 0 Å². The van der Waals surface area contributed by atoms with Gasteiger partial charge in [0.05, 0.1) is 12.0 Å². The Morgan fingerprint density at radius 2 is 2.32 bits per heavy atom. The van der Waals surface area contributed by atoms with E-state index in [0.717, 1.165) is 43.7 Å². The first kappa shape index (κ1) is 14.3. The van der Waals surface area contributed by atoms with Gasteiger partial charge in [-0.3, -0.25) is 9.36 Å². The summed E-state index contributed by atoms with van der Waals surface area (Å²) in [6, 6.07) is 0. The zero-order chi connectivity index (χ0) is 13.7. The van der Waals surface area contributed by atoms with Crippen molar-refractivity contribution < 1.29 is 0 Å². The molecule has 4 heteroatoms. The third-order valence-corrected chi connectivity index (χ3v) is 4.06. The average Bonchev–Trinajstić information content (AvgIpc) is 2.46. The molecule has 0 fully saturated rings. The summed E-state index contributed by atoms with van der Waals surface area (Å²) in [7, 11) is 0. The molecule has 1 atom stereocenters. The number of unbranched alkanes of at least 4 members (excludes halogenated alkanes) is 1. The van der Waals surface area contributed by atoms with Crippen molar-refractivity contribution in [3.05, 3.63) is 27.9 Å². The van der Waals surface area contributed by atoms with Gasteiger partial charge in [0.15, 0.2) is 0 Å². The van der Waals surface area contributed by atoms with Gasteiger partial charge in [0, 0.05) is 18.7 Å². The minimum atomic E-state index is 0.182. The molecular weight excluding hydrogens is 238 g/mol. The highest BCUT2D eigenvalue weighted by Crippen LogP contribution is 2.14. The van der Waals surface area contributed by atoms with Crippen LogP contribution in [0.15, 0.2) is 11.1 Å². The molecular formula is C15H25N3O. The maximum absolute atomic E-state index is 12.4. The number of fused-ring (bicyclic) bond motifs is 1. The highest BCUT2D eigenvalue weighted by molar-refractivity contribution is 5.19. The fraction of sp³-hybridized carbons (Fsp3) is 0.733. The van der Waals surface area contributed by atoms with E-state index in [9.17, 15) is 4.79 Å². The van der Waals surface area contributed by atoms with Gasteiger partial charge in [-0.25, -0.2) is 4.98 Å². The molecule has 1 unspecified atom stereocenters. The van der Waals surface area contributed by atoms with E-state index in [4.69, 9.17) is 0 Å². The van der Waals surface area contributed by atoms with Crippen LogP contribution in [0.1, 0.15) is 50.8 Å². The van der Waals surface area contributed by atoms with E-state index in [1.54, 1.807) is 6.33 Å². The predicted molar refractivity (Wildman–Crippen MR) is 77.2 cm³/mol. The number of hydrogen-bond acceptors (Lipinski definition) is 3. The van der Waals surface area contributed by atoms with Crippen molar-refractivity contribution in [2.45, 2.75) is 59.0 Å². The first-order valence-corrected chi connectivity index (χ1v) is 7.54. The lowest BCUT2D eigenvalue weighted by Gasteiger charge is -2.19. The molecule has 0 aromatic carbocycles. The Morgan fingerprint density at radius 3 is 3.05 bits per heavy atom. The summed E-state index contributed by atoms with van der Waals surface area (Å²) in [4.78, 5) is 16.9. The molecule has 4 nitrogen and oxygen atoms in total. The highest BCUT2D eigenvalue weighted by atomic mass is 16.1. The largest absolute Gasteiger partial charge is 0.311 e. The maximum Gasteiger partial charge on any atom is 0.256 e. The molecule has 1 aliphatic heterocycles. The second-order valence-electron chi connectivity index (χ2n) is 5.47. The van der Waals surface area contributed by atoms with E-state index in [1.165, 1.54) is 19.3 Å². The third-order valence-electron chi connectivity index (χ3n) is 4.06. The minimum absolute atomic E-state index is 0.182. The Labute approximate surface area is 115 Å². The fourth-order valence-corrected chi connectivity index (χ4v) is 2.72. The van der Waals surface area contributed by atoms with Crippen molar-refractivity contribution >= 4 is 0 Å². The Bertz CT molecular complexity index is 467. The van der Waals surface area contributed by atoms with Gasteiger partial charge in [0.2, 0.25) is 0 Å². The van der Waals surface area contributed by atoms with Gasteiger partial charge in [0.1, 0.15) is 0 Å². The first-order chi connectivity index (χ1) is 9.26. The molecule has 0 aliphatic carbocycles. The number of hydrogen-bond donors (Lipinski definition) is 1. The fourth-order valence-electron chi connectivity index (χ4n) is 2.72. The van der Waals surface area contributed by atoms with Crippen molar-refractivity contribution in [3.8, 4) is 0 Å². The van der Waals surface area contributed by atoms with Crippen LogP contribution in [0.3, 0.4) is 0 Å². The number of nitrogens with zero attached hydrogens (tertiary/aromatic N) is 2. The molecule has 0 saturated heterocycles. The molecule has 1 aliphatic rings. The Hall–Kier alpha value is -1.16. The lowest BCUT2D eigenvalue weighted by Crippen LogP contribution is -2.35. The number of rotatable bonds is 6. The molecule has 0 saturated carbocycles. The number of nitrogens with one attached hydrogen (secondary N) is 1. The summed E-state index contributed by atoms with van der Waals surface area (Å²) in [6.45, 7) is 6.87. The molecule has 0 radical (unpaired) electrons. The van der Waals surface area contributed by atoms with E-state index < -0.39 is 0 Å². The van der Waals surface area contributed by atoms with Crippen LogP contribution in [0, 0.1) is 5.92 Å². The Kier molecular flexibility index (Phi) is 5.14. The quantitative estimate of drug-likeness (QED) is 0.855. The van der Waals surface area contributed by atoms with Crippen molar-refractivity contribution in [2.75, 3.05) is 6.54 Å². The molecule has 0 bridgehead atoms. The van der Waals surface area contributed by atoms with Gasteiger partial charge in [-0.05, 0) is 25.3 Å². The topological polar surface area (TPSA) is 46.9 Å². The van der Waals surface area contributed by atoms with E-state index in [1.807, 2.05) is 4.57 Å². The van der Waals surface area contributed by atoms with Crippen LogP contribution in [-0.2, 0) is 19.5 Å². The highest BCUT2D eigenvalue weighted by Gasteiger charge is 2.16. The van der Waals surface area contributed by atoms with E-state index in [-0.39, 0.29) is 5.56 Å². The first-order valence-electron chi connectivity index (χ1n) is 7.54. The molecule has 1 aromatic heterocycles. The van der Waals surface area contributed by atoms with Gasteiger partial charge < -0.3 is 5.32 Å². The molecule has 2 rings (SSSR count). The number of aromatic nitrogens is 2. The van der Waals surface area contributed by atoms with Gasteiger partial charge in [0.25, 0.3) is 5.56 Å². The average molecular weight is 263 g/mol. The zero-order valence-electron chi connectivity index (χ0n) is 12.1. The van der Waals surface area contributed by atoms with Gasteiger partial charge in [-0.1, -0.05) is 33.1 Å². The van der Waals surface area contributed by atoms with Gasteiger partial charge >= 0.3 is 0 Å². The molecule has 0 spiro atoms. The maximum atomic E-state index is 12.4. The van der Waals surface area contributed by atoms with Crippen molar-refractivity contribution in [1.82, 2.24) is 14.9 Å². The summed E-state index contributed by atoms with van der Waals surface area (Å²) in [5.74, 6) is 0.596. The van der Waals surface area contributed by atoms with Crippen LogP contribution >= 0.6 is 0 Å². The van der Waals surface area contributed by atoms with Crippen LogP contribution in [0.4, 0.5) is 0 Å².